The molecule has 2 aliphatic heterocycles. The molecule has 2 aliphatic rings. The highest BCUT2D eigenvalue weighted by Crippen LogP contribution is 2.54. The van der Waals surface area contributed by atoms with Crippen molar-refractivity contribution in [3.05, 3.63) is 69.8 Å². The zero-order valence-corrected chi connectivity index (χ0v) is 15.0. The van der Waals surface area contributed by atoms with Crippen LogP contribution in [0, 0.1) is 10.1 Å². The lowest BCUT2D eigenvalue weighted by Gasteiger charge is -2.45. The van der Waals surface area contributed by atoms with E-state index in [-0.39, 0.29) is 28.4 Å². The topological polar surface area (TPSA) is 55.6 Å². The van der Waals surface area contributed by atoms with E-state index in [2.05, 4.69) is 30.9 Å². The molecule has 0 saturated carbocycles. The van der Waals surface area contributed by atoms with Gasteiger partial charge >= 0.3 is 0 Å². The number of halogens is 1. The molecule has 5 nitrogen and oxygen atoms in total. The summed E-state index contributed by atoms with van der Waals surface area (Å²) in [6, 6.07) is 13.0. The van der Waals surface area contributed by atoms with Gasteiger partial charge in [0.05, 0.1) is 10.3 Å². The Morgan fingerprint density at radius 2 is 1.88 bits per heavy atom. The summed E-state index contributed by atoms with van der Waals surface area (Å²) in [5.74, 6) is 0.663. The number of ether oxygens (including phenoxy) is 1. The summed E-state index contributed by atoms with van der Waals surface area (Å²) in [6.07, 6.45) is 3.94. The average molecular weight is 359 g/mol. The number of fused-ring (bicyclic) bond motifs is 2. The second kappa shape index (κ2) is 5.49. The summed E-state index contributed by atoms with van der Waals surface area (Å²) < 4.78 is 6.44. The molecule has 0 fully saturated rings. The third kappa shape index (κ3) is 2.15. The Hall–Kier alpha value is -2.53. The van der Waals surface area contributed by atoms with Gasteiger partial charge in [-0.3, -0.25) is 10.1 Å². The van der Waals surface area contributed by atoms with E-state index in [9.17, 15) is 10.1 Å². The number of anilines is 1. The normalized spacial score (nSPS) is 22.0. The molecule has 0 radical (unpaired) electrons. The molecule has 0 N–H and O–H groups in total. The van der Waals surface area contributed by atoms with E-state index in [1.54, 1.807) is 12.1 Å². The number of rotatable bonds is 1. The smallest absolute Gasteiger partial charge is 0.270 e. The van der Waals surface area contributed by atoms with E-state index in [0.29, 0.717) is 5.75 Å². The maximum absolute atomic E-state index is 11.0. The van der Waals surface area contributed by atoms with Crippen LogP contribution in [0.3, 0.4) is 0 Å². The van der Waals surface area contributed by atoms with Crippen LogP contribution in [0.15, 0.2) is 48.5 Å². The lowest BCUT2D eigenvalue weighted by atomic mass is 9.76. The SMILES string of the molecule is CN1c2ccccc2C(C)(C)C12C=Cc1cc([N+](=O)[O-])ccc1O2.Cl. The molecular weight excluding hydrogens is 340 g/mol. The molecule has 130 valence electrons. The zero-order chi connectivity index (χ0) is 17.1. The van der Waals surface area contributed by atoms with Crippen LogP contribution in [-0.4, -0.2) is 17.7 Å². The molecule has 4 rings (SSSR count). The standard InChI is InChI=1S/C19H18N2O3.ClH/c1-18(2)15-6-4-5-7-16(15)20(3)19(18)11-10-13-12-14(21(22)23)8-9-17(13)24-19;/h4-12H,1-3H3;1H. The molecule has 6 heteroatoms. The number of para-hydroxylation sites is 1. The van der Waals surface area contributed by atoms with E-state index in [4.69, 9.17) is 4.74 Å². The van der Waals surface area contributed by atoms with Gasteiger partial charge in [-0.2, -0.15) is 0 Å². The fraction of sp³-hybridized carbons (Fsp3) is 0.263. The third-order valence-corrected chi connectivity index (χ3v) is 5.29. The second-order valence-electron chi connectivity index (χ2n) is 6.81. The van der Waals surface area contributed by atoms with Gasteiger partial charge in [-0.05, 0) is 43.7 Å². The summed E-state index contributed by atoms with van der Waals surface area (Å²) >= 11 is 0. The van der Waals surface area contributed by atoms with Crippen molar-refractivity contribution in [2.75, 3.05) is 11.9 Å². The van der Waals surface area contributed by atoms with Crippen LogP contribution in [0.4, 0.5) is 11.4 Å². The van der Waals surface area contributed by atoms with Crippen LogP contribution < -0.4 is 9.64 Å². The van der Waals surface area contributed by atoms with Gasteiger partial charge in [-0.1, -0.05) is 18.2 Å². The van der Waals surface area contributed by atoms with Crippen LogP contribution in [0.2, 0.25) is 0 Å². The van der Waals surface area contributed by atoms with Crippen molar-refractivity contribution < 1.29 is 9.66 Å². The van der Waals surface area contributed by atoms with Crippen molar-refractivity contribution in [1.82, 2.24) is 0 Å². The van der Waals surface area contributed by atoms with Crippen LogP contribution in [0.5, 0.6) is 5.75 Å². The number of hydrogen-bond acceptors (Lipinski definition) is 4. The number of likely N-dealkylation sites (N-methyl/N-ethyl adjacent to an activating group) is 1. The van der Waals surface area contributed by atoms with E-state index >= 15 is 0 Å². The molecule has 2 aromatic rings. The number of nitro benzene ring substituents is 1. The number of nitrogens with zero attached hydrogens (tertiary/aromatic N) is 2. The molecule has 0 amide bonds. The highest BCUT2D eigenvalue weighted by molar-refractivity contribution is 5.85. The van der Waals surface area contributed by atoms with Crippen molar-refractivity contribution in [3.8, 4) is 5.75 Å². The molecule has 25 heavy (non-hydrogen) atoms. The average Bonchev–Trinajstić information content (AvgIpc) is 2.74. The van der Waals surface area contributed by atoms with Gasteiger partial charge in [0.25, 0.3) is 5.69 Å². The van der Waals surface area contributed by atoms with E-state index < -0.39 is 5.72 Å². The molecule has 1 unspecified atom stereocenters. The van der Waals surface area contributed by atoms with Crippen molar-refractivity contribution >= 4 is 29.9 Å². The first kappa shape index (κ1) is 17.3. The van der Waals surface area contributed by atoms with Crippen LogP contribution >= 0.6 is 12.4 Å². The van der Waals surface area contributed by atoms with Gasteiger partial charge in [0.15, 0.2) is 0 Å². The van der Waals surface area contributed by atoms with Crippen LogP contribution in [0.25, 0.3) is 6.08 Å². The van der Waals surface area contributed by atoms with Gasteiger partial charge in [0.1, 0.15) is 5.75 Å². The molecule has 2 heterocycles. The number of nitro groups is 1. The molecule has 0 aromatic heterocycles. The van der Waals surface area contributed by atoms with Gasteiger partial charge < -0.3 is 9.64 Å². The first-order valence-corrected chi connectivity index (χ1v) is 7.87. The Bertz CT molecular complexity index is 894. The Morgan fingerprint density at radius 3 is 2.56 bits per heavy atom. The fourth-order valence-electron chi connectivity index (χ4n) is 3.88. The predicted octanol–water partition coefficient (Wildman–Crippen LogP) is 4.55. The van der Waals surface area contributed by atoms with Gasteiger partial charge in [-0.15, -0.1) is 12.4 Å². The quantitative estimate of drug-likeness (QED) is 0.554. The number of hydrogen-bond donors (Lipinski definition) is 0. The monoisotopic (exact) mass is 358 g/mol. The maximum atomic E-state index is 11.0. The van der Waals surface area contributed by atoms with E-state index in [1.165, 1.54) is 11.6 Å². The number of benzene rings is 2. The van der Waals surface area contributed by atoms with Gasteiger partial charge in [-0.25, -0.2) is 0 Å². The molecular formula is C19H19ClN2O3. The summed E-state index contributed by atoms with van der Waals surface area (Å²) in [4.78, 5) is 12.7. The minimum atomic E-state index is -0.653. The summed E-state index contributed by atoms with van der Waals surface area (Å²) in [7, 11) is 2.02. The summed E-state index contributed by atoms with van der Waals surface area (Å²) in [6.45, 7) is 4.33. The third-order valence-electron chi connectivity index (χ3n) is 5.29. The Kier molecular flexibility index (Phi) is 3.80. The largest absolute Gasteiger partial charge is 0.463 e. The zero-order valence-electron chi connectivity index (χ0n) is 14.2. The van der Waals surface area contributed by atoms with Crippen molar-refractivity contribution in [3.63, 3.8) is 0 Å². The molecule has 2 aromatic carbocycles. The van der Waals surface area contributed by atoms with Crippen LogP contribution in [-0.2, 0) is 5.41 Å². The molecule has 0 saturated heterocycles. The van der Waals surface area contributed by atoms with E-state index in [1.807, 2.05) is 31.3 Å². The van der Waals surface area contributed by atoms with Gasteiger partial charge in [0.2, 0.25) is 5.72 Å². The molecule has 0 bridgehead atoms. The Labute approximate surface area is 152 Å². The lowest BCUT2D eigenvalue weighted by molar-refractivity contribution is -0.384. The van der Waals surface area contributed by atoms with Gasteiger partial charge in [0, 0.05) is 30.4 Å². The maximum Gasteiger partial charge on any atom is 0.270 e. The highest BCUT2D eigenvalue weighted by atomic mass is 35.5. The number of non-ortho nitro benzene ring substituents is 1. The van der Waals surface area contributed by atoms with E-state index in [0.717, 1.165) is 11.3 Å². The van der Waals surface area contributed by atoms with Crippen molar-refractivity contribution in [2.45, 2.75) is 25.0 Å². The second-order valence-corrected chi connectivity index (χ2v) is 6.81. The van der Waals surface area contributed by atoms with Crippen molar-refractivity contribution in [1.29, 1.82) is 0 Å². The Morgan fingerprint density at radius 1 is 1.16 bits per heavy atom. The molecule has 1 spiro atoms. The van der Waals surface area contributed by atoms with Crippen LogP contribution in [0.1, 0.15) is 25.0 Å². The predicted molar refractivity (Wildman–Crippen MR) is 101 cm³/mol. The Balaban J connectivity index is 0.00000182. The molecule has 1 atom stereocenters. The summed E-state index contributed by atoms with van der Waals surface area (Å²) in [5, 5.41) is 11.0. The van der Waals surface area contributed by atoms with Crippen molar-refractivity contribution in [2.24, 2.45) is 0 Å². The summed E-state index contributed by atoms with van der Waals surface area (Å²) in [5.41, 5.74) is 2.24. The highest BCUT2D eigenvalue weighted by Gasteiger charge is 2.57. The minimum absolute atomic E-state index is 0. The first-order chi connectivity index (χ1) is 11.4. The fourth-order valence-corrected chi connectivity index (χ4v) is 3.88. The first-order valence-electron chi connectivity index (χ1n) is 7.87. The lowest BCUT2D eigenvalue weighted by Crippen LogP contribution is -2.58. The molecule has 0 aliphatic carbocycles. The minimum Gasteiger partial charge on any atom is -0.463 e.